The molecule has 4 heterocycles. The zero-order chi connectivity index (χ0) is 45.2. The van der Waals surface area contributed by atoms with Gasteiger partial charge in [-0.15, -0.1) is 23.5 Å². The Morgan fingerprint density at radius 1 is 0.548 bits per heavy atom. The van der Waals surface area contributed by atoms with E-state index < -0.39 is 65.6 Å². The number of rotatable bonds is 10. The number of carbonyl (C=O) groups is 4. The lowest BCUT2D eigenvalue weighted by molar-refractivity contribution is -0.173. The van der Waals surface area contributed by atoms with Gasteiger partial charge >= 0.3 is 11.9 Å². The average molecular weight is 1010 g/mol. The summed E-state index contributed by atoms with van der Waals surface area (Å²) in [7, 11) is 0. The predicted octanol–water partition coefficient (Wildman–Crippen LogP) is 8.57. The van der Waals surface area contributed by atoms with Crippen molar-refractivity contribution >= 4 is 79.1 Å². The molecule has 0 radical (unpaired) electrons. The number of hydrogen-bond acceptors (Lipinski definition) is 10. The molecule has 4 aromatic rings. The molecule has 0 unspecified atom stereocenters. The molecule has 328 valence electrons. The zero-order valence-electron chi connectivity index (χ0n) is 35.8. The van der Waals surface area contributed by atoms with Crippen molar-refractivity contribution in [3.63, 3.8) is 0 Å². The van der Waals surface area contributed by atoms with Crippen molar-refractivity contribution in [3.8, 4) is 0 Å². The Balaban J connectivity index is 0.000000186. The molecule has 0 bridgehead atoms. The lowest BCUT2D eigenvalue weighted by Gasteiger charge is -2.55. The summed E-state index contributed by atoms with van der Waals surface area (Å²) >= 11 is 10.0. The third-order valence-electron chi connectivity index (χ3n) is 12.1. The molecule has 2 N–H and O–H groups in total. The average Bonchev–Trinajstić information content (AvgIpc) is 3.67. The predicted molar refractivity (Wildman–Crippen MR) is 250 cm³/mol. The van der Waals surface area contributed by atoms with Gasteiger partial charge in [-0.1, -0.05) is 153 Å². The van der Waals surface area contributed by atoms with Crippen LogP contribution in [0.5, 0.6) is 0 Å². The minimum atomic E-state index is -1.27. The quantitative estimate of drug-likeness (QED) is 0.0905. The molecular weight excluding hydrogens is 956 g/mol. The molecule has 0 aliphatic carbocycles. The van der Waals surface area contributed by atoms with Gasteiger partial charge in [-0.25, -0.2) is 9.59 Å². The molecule has 8 rings (SSSR count). The molecule has 4 saturated heterocycles. The number of nitrogens with zero attached hydrogens (tertiary/aromatic N) is 2. The summed E-state index contributed by atoms with van der Waals surface area (Å²) in [5.41, 5.74) is 0.909. The largest absolute Gasteiger partial charge is 0.451 e. The summed E-state index contributed by atoms with van der Waals surface area (Å²) in [6.45, 7) is 14.2. The molecule has 14 heteroatoms. The van der Waals surface area contributed by atoms with Gasteiger partial charge in [0.15, 0.2) is 20.9 Å². The Bertz CT molecular complexity index is 2070. The molecule has 2 amide bonds. The van der Waals surface area contributed by atoms with E-state index in [-0.39, 0.29) is 22.6 Å². The van der Waals surface area contributed by atoms with Crippen molar-refractivity contribution in [2.45, 2.75) is 120 Å². The number of ether oxygens (including phenoxy) is 2. The Morgan fingerprint density at radius 2 is 0.790 bits per heavy atom. The number of β-lactam (4-membered cyclic amide) rings is 2. The molecule has 4 aliphatic rings. The summed E-state index contributed by atoms with van der Waals surface area (Å²) < 4.78 is 8.74. The number of thioether (sulfide) groups is 2. The highest BCUT2D eigenvalue weighted by atomic mass is 79.9. The Hall–Kier alpha value is -3.66. The van der Waals surface area contributed by atoms with Gasteiger partial charge in [0.25, 0.3) is 0 Å². The molecule has 4 fully saturated rings. The Labute approximate surface area is 388 Å². The molecule has 0 spiro atoms. The van der Waals surface area contributed by atoms with Crippen LogP contribution in [0.25, 0.3) is 0 Å². The van der Waals surface area contributed by atoms with Gasteiger partial charge in [-0.3, -0.25) is 9.59 Å². The number of hydrogen-bond donors (Lipinski definition) is 2. The number of alkyl halides is 2. The second kappa shape index (κ2) is 16.7. The van der Waals surface area contributed by atoms with Gasteiger partial charge < -0.3 is 29.5 Å². The Morgan fingerprint density at radius 3 is 1.02 bits per heavy atom. The van der Waals surface area contributed by atoms with E-state index in [4.69, 9.17) is 9.47 Å². The summed E-state index contributed by atoms with van der Waals surface area (Å²) in [5.74, 6) is -1.48. The summed E-state index contributed by atoms with van der Waals surface area (Å²) in [6, 6.07) is 36.8. The number of halogens is 2. The zero-order valence-corrected chi connectivity index (χ0v) is 40.6. The highest BCUT2D eigenvalue weighted by Gasteiger charge is 2.76. The topological polar surface area (TPSA) is 134 Å². The smallest absolute Gasteiger partial charge is 0.331 e. The van der Waals surface area contributed by atoms with Gasteiger partial charge in [-0.05, 0) is 77.6 Å². The van der Waals surface area contributed by atoms with E-state index in [0.29, 0.717) is 0 Å². The Kier molecular flexibility index (Phi) is 12.5. The summed E-state index contributed by atoms with van der Waals surface area (Å²) in [4.78, 5) is 56.4. The molecule has 4 aromatic carbocycles. The fraction of sp³-hybridized carbons (Fsp3) is 0.417. The third kappa shape index (κ3) is 7.84. The lowest BCUT2D eigenvalue weighted by atomic mass is 9.80. The van der Waals surface area contributed by atoms with E-state index in [9.17, 15) is 29.4 Å². The monoisotopic (exact) mass is 1010 g/mol. The van der Waals surface area contributed by atoms with E-state index >= 15 is 0 Å². The summed E-state index contributed by atoms with van der Waals surface area (Å²) in [5, 5.41) is 20.5. The number of amides is 2. The van der Waals surface area contributed by atoms with E-state index in [1.165, 1.54) is 23.5 Å². The van der Waals surface area contributed by atoms with Crippen LogP contribution in [-0.4, -0.2) is 95.9 Å². The first-order chi connectivity index (χ1) is 29.0. The van der Waals surface area contributed by atoms with Gasteiger partial charge in [0.1, 0.15) is 22.8 Å². The number of esters is 2. The maximum atomic E-state index is 13.5. The van der Waals surface area contributed by atoms with Gasteiger partial charge in [0.2, 0.25) is 11.8 Å². The third-order valence-corrected chi connectivity index (χ3v) is 19.4. The van der Waals surface area contributed by atoms with Crippen LogP contribution in [0.3, 0.4) is 0 Å². The van der Waals surface area contributed by atoms with Crippen molar-refractivity contribution in [1.82, 2.24) is 9.80 Å². The van der Waals surface area contributed by atoms with Crippen LogP contribution in [0.4, 0.5) is 0 Å². The van der Waals surface area contributed by atoms with Gasteiger partial charge in [0.05, 0.1) is 11.2 Å². The van der Waals surface area contributed by atoms with Crippen molar-refractivity contribution in [2.24, 2.45) is 0 Å². The molecule has 10 nitrogen and oxygen atoms in total. The van der Waals surface area contributed by atoms with E-state index in [1.54, 1.807) is 37.5 Å². The molecule has 0 saturated carbocycles. The van der Waals surface area contributed by atoms with Crippen molar-refractivity contribution in [1.29, 1.82) is 0 Å². The second-order valence-corrected chi connectivity index (χ2v) is 24.2. The lowest BCUT2D eigenvalue weighted by Crippen LogP contribution is -2.77. The molecular formula is C48H52Br2N2O8S2. The number of benzene rings is 4. The first-order valence-corrected chi connectivity index (χ1v) is 23.8. The van der Waals surface area contributed by atoms with Crippen LogP contribution < -0.4 is 0 Å². The standard InChI is InChI=1S/2C24H26BrNO4S/c2*1-22(2)18(26-20(28)24(25,21(26)31-22)23(3,4)29)19(27)30-17(15-11-7-5-8-12-15)16-13-9-6-10-14-16/h2*5-14,17-18,21,29H,1-4H3/t2*18-,21+,24-/m00/s1. The highest BCUT2D eigenvalue weighted by molar-refractivity contribution is 9.10. The normalized spacial score (nSPS) is 27.1. The number of aliphatic hydroxyl groups is 2. The first-order valence-electron chi connectivity index (χ1n) is 20.4. The minimum absolute atomic E-state index is 0.291. The fourth-order valence-electron chi connectivity index (χ4n) is 8.66. The van der Waals surface area contributed by atoms with Crippen LogP contribution in [-0.2, 0) is 28.7 Å². The second-order valence-electron chi connectivity index (χ2n) is 18.2. The van der Waals surface area contributed by atoms with Gasteiger partial charge in [-0.2, -0.15) is 0 Å². The maximum absolute atomic E-state index is 13.5. The van der Waals surface area contributed by atoms with E-state index in [2.05, 4.69) is 31.9 Å². The fourth-order valence-corrected chi connectivity index (χ4v) is 13.7. The highest BCUT2D eigenvalue weighted by Crippen LogP contribution is 2.62. The van der Waals surface area contributed by atoms with Gasteiger partial charge in [0, 0.05) is 9.49 Å². The van der Waals surface area contributed by atoms with E-state index in [1.807, 2.05) is 149 Å². The van der Waals surface area contributed by atoms with Crippen molar-refractivity contribution < 1.29 is 38.9 Å². The van der Waals surface area contributed by atoms with Crippen LogP contribution in [0.15, 0.2) is 121 Å². The van der Waals surface area contributed by atoms with Crippen LogP contribution in [0, 0.1) is 0 Å². The molecule has 0 aromatic heterocycles. The number of fused-ring (bicyclic) bond motifs is 2. The number of carbonyl (C=O) groups excluding carboxylic acids is 4. The summed E-state index contributed by atoms with van der Waals surface area (Å²) in [6.07, 6.45) is -1.15. The van der Waals surface area contributed by atoms with E-state index in [0.717, 1.165) is 22.3 Å². The minimum Gasteiger partial charge on any atom is -0.451 e. The molecule has 4 aliphatic heterocycles. The SMILES string of the molecule is CC1(C)S[C@H]2N(C(=O)[C@@]2(Br)C(C)(C)O)[C@H]1C(=O)OC(c1ccccc1)c1ccccc1.CC1(C)S[C@H]2N(C(=O)[C@@]2(Br)C(C)(C)O)[C@H]1C(=O)OC(c1ccccc1)c1ccccc1. The van der Waals surface area contributed by atoms with Crippen molar-refractivity contribution in [2.75, 3.05) is 0 Å². The van der Waals surface area contributed by atoms with Crippen LogP contribution >= 0.6 is 55.4 Å². The molecule has 62 heavy (non-hydrogen) atoms. The van der Waals surface area contributed by atoms with Crippen LogP contribution in [0.2, 0.25) is 0 Å². The maximum Gasteiger partial charge on any atom is 0.331 e. The molecule has 6 atom stereocenters. The van der Waals surface area contributed by atoms with Crippen LogP contribution in [0.1, 0.15) is 89.9 Å². The first kappa shape index (κ1) is 46.3. The van der Waals surface area contributed by atoms with Crippen molar-refractivity contribution in [3.05, 3.63) is 144 Å².